The van der Waals surface area contributed by atoms with Crippen molar-refractivity contribution in [1.82, 2.24) is 0 Å². The predicted molar refractivity (Wildman–Crippen MR) is 90.1 cm³/mol. The Morgan fingerprint density at radius 1 is 1.23 bits per heavy atom. The molecule has 3 heteroatoms. The number of hydrogen-bond donors (Lipinski definition) is 1. The number of nitrogens with zero attached hydrogens (tertiary/aromatic N) is 1. The summed E-state index contributed by atoms with van der Waals surface area (Å²) < 4.78 is 0. The third-order valence-corrected chi connectivity index (χ3v) is 4.70. The minimum atomic E-state index is -0.0110. The molecule has 1 aromatic carbocycles. The van der Waals surface area contributed by atoms with E-state index in [9.17, 15) is 4.79 Å². The minimum absolute atomic E-state index is 0.0110. The molecule has 2 heterocycles. The molecule has 2 aliphatic heterocycles. The van der Waals surface area contributed by atoms with Crippen LogP contribution in [-0.4, -0.2) is 18.7 Å². The number of carbonyl (C=O) groups is 1. The number of hydrogen-bond acceptors (Lipinski definition) is 2. The molecule has 1 amide bonds. The molecule has 3 aliphatic rings. The van der Waals surface area contributed by atoms with Crippen molar-refractivity contribution in [3.63, 3.8) is 0 Å². The number of benzene rings is 1. The third kappa shape index (κ3) is 2.05. The van der Waals surface area contributed by atoms with E-state index in [2.05, 4.69) is 53.7 Å². The molecule has 1 aliphatic carbocycles. The number of anilines is 1. The lowest BCUT2D eigenvalue weighted by atomic mass is 9.74. The van der Waals surface area contributed by atoms with Crippen molar-refractivity contribution in [2.75, 3.05) is 11.9 Å². The normalized spacial score (nSPS) is 25.8. The highest BCUT2D eigenvalue weighted by Gasteiger charge is 2.31. The summed E-state index contributed by atoms with van der Waals surface area (Å²) in [6, 6.07) is 6.29. The van der Waals surface area contributed by atoms with Crippen LogP contribution in [0.1, 0.15) is 24.5 Å². The summed E-state index contributed by atoms with van der Waals surface area (Å²) in [5.41, 5.74) is 5.84. The zero-order valence-electron chi connectivity index (χ0n) is 12.6. The summed E-state index contributed by atoms with van der Waals surface area (Å²) in [5.74, 6) is 0.106. The SMILES string of the molecule is CC12C=CC=CC1=C(c1ccc3c(c1)CCC(=O)N3)C=NC2. The summed E-state index contributed by atoms with van der Waals surface area (Å²) in [7, 11) is 0. The number of fused-ring (bicyclic) bond motifs is 2. The first kappa shape index (κ1) is 13.3. The Balaban J connectivity index is 1.82. The van der Waals surface area contributed by atoms with Crippen LogP contribution >= 0.6 is 0 Å². The zero-order chi connectivity index (χ0) is 15.2. The summed E-state index contributed by atoms with van der Waals surface area (Å²) in [6.45, 7) is 3.03. The number of nitrogens with one attached hydrogen (secondary N) is 1. The number of carbonyl (C=O) groups excluding carboxylic acids is 1. The lowest BCUT2D eigenvalue weighted by Crippen LogP contribution is -2.25. The Bertz CT molecular complexity index is 783. The van der Waals surface area contributed by atoms with Gasteiger partial charge in [0.15, 0.2) is 0 Å². The maximum atomic E-state index is 11.5. The first-order valence-corrected chi connectivity index (χ1v) is 7.69. The van der Waals surface area contributed by atoms with E-state index in [1.165, 1.54) is 22.3 Å². The first-order chi connectivity index (χ1) is 10.7. The van der Waals surface area contributed by atoms with E-state index in [-0.39, 0.29) is 11.3 Å². The topological polar surface area (TPSA) is 41.5 Å². The molecule has 110 valence electrons. The molecule has 1 unspecified atom stereocenters. The van der Waals surface area contributed by atoms with Crippen LogP contribution in [0.5, 0.6) is 0 Å². The maximum absolute atomic E-state index is 11.5. The van der Waals surface area contributed by atoms with Gasteiger partial charge >= 0.3 is 0 Å². The van der Waals surface area contributed by atoms with Gasteiger partial charge in [-0.3, -0.25) is 9.79 Å². The third-order valence-electron chi connectivity index (χ3n) is 4.70. The van der Waals surface area contributed by atoms with Crippen LogP contribution in [0.2, 0.25) is 0 Å². The summed E-state index contributed by atoms with van der Waals surface area (Å²) in [4.78, 5) is 16.1. The molecule has 22 heavy (non-hydrogen) atoms. The molecular weight excluding hydrogens is 272 g/mol. The highest BCUT2D eigenvalue weighted by molar-refractivity contribution is 6.13. The average molecular weight is 290 g/mol. The van der Waals surface area contributed by atoms with E-state index in [4.69, 9.17) is 0 Å². The van der Waals surface area contributed by atoms with Gasteiger partial charge in [-0.25, -0.2) is 0 Å². The molecule has 3 nitrogen and oxygen atoms in total. The van der Waals surface area contributed by atoms with Gasteiger partial charge in [-0.15, -0.1) is 0 Å². The lowest BCUT2D eigenvalue weighted by Gasteiger charge is -2.33. The van der Waals surface area contributed by atoms with Crippen molar-refractivity contribution in [1.29, 1.82) is 0 Å². The van der Waals surface area contributed by atoms with E-state index in [0.717, 1.165) is 18.7 Å². The molecule has 0 radical (unpaired) electrons. The van der Waals surface area contributed by atoms with Crippen molar-refractivity contribution in [2.24, 2.45) is 10.4 Å². The van der Waals surface area contributed by atoms with Crippen LogP contribution in [0.25, 0.3) is 5.57 Å². The van der Waals surface area contributed by atoms with Crippen LogP contribution < -0.4 is 5.32 Å². The number of rotatable bonds is 1. The largest absolute Gasteiger partial charge is 0.326 e. The number of aliphatic imine (C=N–C) groups is 1. The molecule has 0 aromatic heterocycles. The van der Waals surface area contributed by atoms with E-state index < -0.39 is 0 Å². The molecule has 1 aromatic rings. The van der Waals surface area contributed by atoms with E-state index in [1.807, 2.05) is 12.3 Å². The van der Waals surface area contributed by atoms with Gasteiger partial charge in [-0.2, -0.15) is 0 Å². The maximum Gasteiger partial charge on any atom is 0.224 e. The molecule has 0 spiro atoms. The van der Waals surface area contributed by atoms with Crippen molar-refractivity contribution in [3.05, 3.63) is 59.2 Å². The van der Waals surface area contributed by atoms with Gasteiger partial charge in [0.05, 0.1) is 6.54 Å². The molecule has 4 rings (SSSR count). The second-order valence-electron chi connectivity index (χ2n) is 6.35. The van der Waals surface area contributed by atoms with Crippen molar-refractivity contribution < 1.29 is 4.79 Å². The Hall–Kier alpha value is -2.42. The van der Waals surface area contributed by atoms with Gasteiger partial charge in [0.25, 0.3) is 0 Å². The standard InChI is InChI=1S/C19H18N2O/c1-19-9-3-2-4-16(19)15(11-20-12-19)13-5-7-17-14(10-13)6-8-18(22)21-17/h2-5,7,9-11H,6,8,12H2,1H3,(H,21,22). The smallest absolute Gasteiger partial charge is 0.224 e. The highest BCUT2D eigenvalue weighted by Crippen LogP contribution is 2.40. The Labute approximate surface area is 130 Å². The molecule has 1 atom stereocenters. The lowest BCUT2D eigenvalue weighted by molar-refractivity contribution is -0.116. The molecule has 0 saturated heterocycles. The molecule has 0 saturated carbocycles. The van der Waals surface area contributed by atoms with Gasteiger partial charge in [0.1, 0.15) is 0 Å². The average Bonchev–Trinajstić information content (AvgIpc) is 2.53. The summed E-state index contributed by atoms with van der Waals surface area (Å²) in [6.07, 6.45) is 12.0. The van der Waals surface area contributed by atoms with Crippen LogP contribution in [0.15, 0.2) is 53.1 Å². The molecular formula is C19H18N2O. The minimum Gasteiger partial charge on any atom is -0.326 e. The second-order valence-corrected chi connectivity index (χ2v) is 6.35. The fourth-order valence-corrected chi connectivity index (χ4v) is 3.41. The van der Waals surface area contributed by atoms with Crippen LogP contribution in [0, 0.1) is 5.41 Å². The number of aryl methyl sites for hydroxylation is 1. The zero-order valence-corrected chi connectivity index (χ0v) is 12.6. The quantitative estimate of drug-likeness (QED) is 0.844. The molecule has 0 fully saturated rings. The highest BCUT2D eigenvalue weighted by atomic mass is 16.1. The van der Waals surface area contributed by atoms with E-state index in [1.54, 1.807) is 0 Å². The number of amides is 1. The number of dihydropyridines is 1. The van der Waals surface area contributed by atoms with Crippen molar-refractivity contribution >= 4 is 23.4 Å². The van der Waals surface area contributed by atoms with Crippen molar-refractivity contribution in [3.8, 4) is 0 Å². The fraction of sp³-hybridized carbons (Fsp3) is 0.263. The Morgan fingerprint density at radius 3 is 3.05 bits per heavy atom. The monoisotopic (exact) mass is 290 g/mol. The fourth-order valence-electron chi connectivity index (χ4n) is 3.41. The first-order valence-electron chi connectivity index (χ1n) is 7.69. The van der Waals surface area contributed by atoms with Gasteiger partial charge in [0, 0.05) is 29.3 Å². The van der Waals surface area contributed by atoms with Crippen LogP contribution in [0.4, 0.5) is 5.69 Å². The molecule has 0 bridgehead atoms. The van der Waals surface area contributed by atoms with Crippen molar-refractivity contribution in [2.45, 2.75) is 19.8 Å². The van der Waals surface area contributed by atoms with Gasteiger partial charge in [0.2, 0.25) is 5.91 Å². The van der Waals surface area contributed by atoms with E-state index in [0.29, 0.717) is 6.42 Å². The van der Waals surface area contributed by atoms with Gasteiger partial charge in [-0.05, 0) is 35.3 Å². The second kappa shape index (κ2) is 4.80. The number of allylic oxidation sites excluding steroid dienone is 4. The molecule has 1 N–H and O–H groups in total. The van der Waals surface area contributed by atoms with E-state index >= 15 is 0 Å². The van der Waals surface area contributed by atoms with Crippen LogP contribution in [-0.2, 0) is 11.2 Å². The van der Waals surface area contributed by atoms with Gasteiger partial charge in [-0.1, -0.05) is 37.3 Å². The summed E-state index contributed by atoms with van der Waals surface area (Å²) >= 11 is 0. The summed E-state index contributed by atoms with van der Waals surface area (Å²) in [5, 5.41) is 2.94. The van der Waals surface area contributed by atoms with Crippen LogP contribution in [0.3, 0.4) is 0 Å². The predicted octanol–water partition coefficient (Wildman–Crippen LogP) is 3.54. The Kier molecular flexibility index (Phi) is 2.89. The van der Waals surface area contributed by atoms with Gasteiger partial charge < -0.3 is 5.32 Å². The Morgan fingerprint density at radius 2 is 2.14 bits per heavy atom.